The molecule has 0 aliphatic rings. The zero-order chi connectivity index (χ0) is 15.6. The molecule has 0 bridgehead atoms. The number of anilines is 1. The smallest absolute Gasteiger partial charge is 0.257 e. The summed E-state index contributed by atoms with van der Waals surface area (Å²) in [6.07, 6.45) is 0. The second kappa shape index (κ2) is 6.58. The van der Waals surface area contributed by atoms with Crippen LogP contribution in [0.5, 0.6) is 0 Å². The Hall–Kier alpha value is -1.40. The number of amides is 1. The molecule has 0 saturated carbocycles. The number of carbonyl (C=O) groups is 1. The van der Waals surface area contributed by atoms with Gasteiger partial charge < -0.3 is 0 Å². The molecule has 1 aromatic carbocycles. The van der Waals surface area contributed by atoms with E-state index in [1.165, 1.54) is 16.9 Å². The van der Waals surface area contributed by atoms with Gasteiger partial charge in [-0.2, -0.15) is 0 Å². The van der Waals surface area contributed by atoms with Gasteiger partial charge in [0.1, 0.15) is 0 Å². The predicted molar refractivity (Wildman–Crippen MR) is 89.5 cm³/mol. The normalized spacial score (nSPS) is 11.0. The average molecular weight is 321 g/mol. The molecule has 1 heterocycles. The lowest BCUT2D eigenvalue weighted by Gasteiger charge is -2.08. The lowest BCUT2D eigenvalue weighted by atomic mass is 10.0. The molecule has 0 atom stereocenters. The van der Waals surface area contributed by atoms with E-state index in [2.05, 4.69) is 29.4 Å². The Labute approximate surface area is 133 Å². The van der Waals surface area contributed by atoms with Crippen molar-refractivity contribution in [2.75, 3.05) is 5.32 Å². The topological polar surface area (TPSA) is 54.9 Å². The number of hydrogen-bond acceptors (Lipinski definition) is 5. The third kappa shape index (κ3) is 4.04. The standard InChI is InChI=1S/C15H19N3OS2/c1-8(2)20-15-18-17-14(21-15)16-13(19)12-7-10(4)9(3)6-11(12)5/h6-8H,1-5H3,(H,16,17,19). The zero-order valence-corrected chi connectivity index (χ0v) is 14.5. The molecule has 6 heteroatoms. The van der Waals surface area contributed by atoms with E-state index in [9.17, 15) is 4.79 Å². The fourth-order valence-electron chi connectivity index (χ4n) is 1.88. The Morgan fingerprint density at radius 1 is 1.14 bits per heavy atom. The summed E-state index contributed by atoms with van der Waals surface area (Å²) in [5.74, 6) is -0.132. The summed E-state index contributed by atoms with van der Waals surface area (Å²) >= 11 is 3.05. The largest absolute Gasteiger partial charge is 0.296 e. The number of benzene rings is 1. The van der Waals surface area contributed by atoms with Crippen molar-refractivity contribution in [1.29, 1.82) is 0 Å². The van der Waals surface area contributed by atoms with Crippen molar-refractivity contribution >= 4 is 34.1 Å². The molecule has 2 rings (SSSR count). The van der Waals surface area contributed by atoms with Crippen molar-refractivity contribution in [2.24, 2.45) is 0 Å². The molecule has 0 aliphatic carbocycles. The van der Waals surface area contributed by atoms with Gasteiger partial charge in [-0.3, -0.25) is 10.1 Å². The van der Waals surface area contributed by atoms with Crippen LogP contribution in [-0.4, -0.2) is 21.4 Å². The molecule has 0 saturated heterocycles. The van der Waals surface area contributed by atoms with E-state index in [1.54, 1.807) is 11.8 Å². The average Bonchev–Trinajstić information content (AvgIpc) is 2.80. The van der Waals surface area contributed by atoms with E-state index >= 15 is 0 Å². The van der Waals surface area contributed by atoms with Crippen LogP contribution in [0.2, 0.25) is 0 Å². The van der Waals surface area contributed by atoms with Crippen LogP contribution < -0.4 is 5.32 Å². The van der Waals surface area contributed by atoms with E-state index < -0.39 is 0 Å². The number of nitrogens with zero attached hydrogens (tertiary/aromatic N) is 2. The second-order valence-corrected chi connectivity index (χ2v) is 8.05. The molecule has 1 aromatic heterocycles. The van der Waals surface area contributed by atoms with E-state index in [-0.39, 0.29) is 5.91 Å². The van der Waals surface area contributed by atoms with Crippen molar-refractivity contribution in [2.45, 2.75) is 44.2 Å². The SMILES string of the molecule is Cc1cc(C)c(C(=O)Nc2nnc(SC(C)C)s2)cc1C. The van der Waals surface area contributed by atoms with Crippen LogP contribution in [0.25, 0.3) is 0 Å². The number of rotatable bonds is 4. The number of hydrogen-bond donors (Lipinski definition) is 1. The predicted octanol–water partition coefficient (Wildman–Crippen LogP) is 4.22. The lowest BCUT2D eigenvalue weighted by Crippen LogP contribution is -2.13. The quantitative estimate of drug-likeness (QED) is 0.677. The summed E-state index contributed by atoms with van der Waals surface area (Å²) in [4.78, 5) is 12.4. The summed E-state index contributed by atoms with van der Waals surface area (Å²) in [6.45, 7) is 10.2. The van der Waals surface area contributed by atoms with E-state index in [1.807, 2.05) is 32.9 Å². The first-order chi connectivity index (χ1) is 9.86. The van der Waals surface area contributed by atoms with Crippen LogP contribution in [0, 0.1) is 20.8 Å². The van der Waals surface area contributed by atoms with Gasteiger partial charge in [-0.05, 0) is 43.5 Å². The third-order valence-electron chi connectivity index (χ3n) is 3.05. The summed E-state index contributed by atoms with van der Waals surface area (Å²) < 4.78 is 0.872. The molecule has 1 N–H and O–H groups in total. The summed E-state index contributed by atoms with van der Waals surface area (Å²) in [5, 5.41) is 11.9. The highest BCUT2D eigenvalue weighted by Crippen LogP contribution is 2.28. The van der Waals surface area contributed by atoms with Crippen molar-refractivity contribution < 1.29 is 4.79 Å². The number of carbonyl (C=O) groups excluding carboxylic acids is 1. The minimum Gasteiger partial charge on any atom is -0.296 e. The van der Waals surface area contributed by atoms with Gasteiger partial charge in [-0.15, -0.1) is 10.2 Å². The van der Waals surface area contributed by atoms with Crippen LogP contribution in [0.4, 0.5) is 5.13 Å². The minimum atomic E-state index is -0.132. The van der Waals surface area contributed by atoms with Crippen LogP contribution in [-0.2, 0) is 0 Å². The molecule has 0 radical (unpaired) electrons. The van der Waals surface area contributed by atoms with Crippen LogP contribution >= 0.6 is 23.1 Å². The van der Waals surface area contributed by atoms with Gasteiger partial charge in [0.05, 0.1) is 0 Å². The second-order valence-electron chi connectivity index (χ2n) is 5.25. The Kier molecular flexibility index (Phi) is 5.00. The summed E-state index contributed by atoms with van der Waals surface area (Å²) in [5.41, 5.74) is 3.96. The number of aromatic nitrogens is 2. The molecule has 0 fully saturated rings. The molecule has 21 heavy (non-hydrogen) atoms. The van der Waals surface area contributed by atoms with Gasteiger partial charge in [0.25, 0.3) is 5.91 Å². The monoisotopic (exact) mass is 321 g/mol. The first-order valence-electron chi connectivity index (χ1n) is 6.76. The Bertz CT molecular complexity index is 665. The molecule has 0 spiro atoms. The van der Waals surface area contributed by atoms with Gasteiger partial charge in [-0.1, -0.05) is 43.0 Å². The maximum Gasteiger partial charge on any atom is 0.257 e. The Balaban J connectivity index is 2.14. The maximum atomic E-state index is 12.4. The van der Waals surface area contributed by atoms with Gasteiger partial charge in [-0.25, -0.2) is 0 Å². The Morgan fingerprint density at radius 2 is 1.81 bits per heavy atom. The number of thioether (sulfide) groups is 1. The first kappa shape index (κ1) is 16.0. The maximum absolute atomic E-state index is 12.4. The highest BCUT2D eigenvalue weighted by atomic mass is 32.2. The molecule has 2 aromatic rings. The fourth-order valence-corrected chi connectivity index (χ4v) is 3.85. The van der Waals surface area contributed by atoms with Crippen LogP contribution in [0.1, 0.15) is 40.9 Å². The molecular formula is C15H19N3OS2. The van der Waals surface area contributed by atoms with E-state index in [0.29, 0.717) is 15.9 Å². The molecule has 112 valence electrons. The van der Waals surface area contributed by atoms with E-state index in [4.69, 9.17) is 0 Å². The van der Waals surface area contributed by atoms with Crippen molar-refractivity contribution in [3.8, 4) is 0 Å². The lowest BCUT2D eigenvalue weighted by molar-refractivity contribution is 0.102. The van der Waals surface area contributed by atoms with Gasteiger partial charge in [0.15, 0.2) is 4.34 Å². The summed E-state index contributed by atoms with van der Waals surface area (Å²) in [6, 6.07) is 3.95. The molecule has 4 nitrogen and oxygen atoms in total. The van der Waals surface area contributed by atoms with Crippen molar-refractivity contribution in [3.05, 3.63) is 34.4 Å². The van der Waals surface area contributed by atoms with Crippen molar-refractivity contribution in [3.63, 3.8) is 0 Å². The first-order valence-corrected chi connectivity index (χ1v) is 8.45. The van der Waals surface area contributed by atoms with Gasteiger partial charge >= 0.3 is 0 Å². The number of aryl methyl sites for hydroxylation is 3. The van der Waals surface area contributed by atoms with Crippen LogP contribution in [0.15, 0.2) is 16.5 Å². The molecular weight excluding hydrogens is 302 g/mol. The van der Waals surface area contributed by atoms with Crippen molar-refractivity contribution in [1.82, 2.24) is 10.2 Å². The zero-order valence-electron chi connectivity index (χ0n) is 12.9. The third-order valence-corrected chi connectivity index (χ3v) is 4.98. The fraction of sp³-hybridized carbons (Fsp3) is 0.400. The van der Waals surface area contributed by atoms with Crippen LogP contribution in [0.3, 0.4) is 0 Å². The molecule has 0 unspecified atom stereocenters. The Morgan fingerprint density at radius 3 is 2.48 bits per heavy atom. The van der Waals surface area contributed by atoms with Gasteiger partial charge in [0.2, 0.25) is 5.13 Å². The minimum absolute atomic E-state index is 0.132. The molecule has 1 amide bonds. The van der Waals surface area contributed by atoms with Gasteiger partial charge in [0, 0.05) is 10.8 Å². The highest BCUT2D eigenvalue weighted by Gasteiger charge is 2.14. The van der Waals surface area contributed by atoms with E-state index in [0.717, 1.165) is 15.5 Å². The summed E-state index contributed by atoms with van der Waals surface area (Å²) in [7, 11) is 0. The highest BCUT2D eigenvalue weighted by molar-refractivity contribution is 8.01. The molecule has 0 aliphatic heterocycles. The number of nitrogens with one attached hydrogen (secondary N) is 1.